The molecule has 2 heterocycles. The summed E-state index contributed by atoms with van der Waals surface area (Å²) in [5, 5.41) is 27.1. The molecule has 1 saturated carbocycles. The number of H-pyrrole nitrogens is 1. The van der Waals surface area contributed by atoms with Crippen LogP contribution in [-0.2, 0) is 9.59 Å². The first-order valence-electron chi connectivity index (χ1n) is 9.68. The Bertz CT molecular complexity index is 815. The Labute approximate surface area is 168 Å². The molecule has 1 aliphatic carbocycles. The molecular formula is C20H28N2O7. The molecular weight excluding hydrogens is 380 g/mol. The lowest BCUT2D eigenvalue weighted by molar-refractivity contribution is -0.163. The van der Waals surface area contributed by atoms with Crippen molar-refractivity contribution in [2.45, 2.75) is 51.6 Å². The molecule has 1 amide bonds. The highest BCUT2D eigenvalue weighted by molar-refractivity contribution is 5.94. The van der Waals surface area contributed by atoms with E-state index >= 15 is 0 Å². The number of nitrogens with one attached hydrogen (secondary N) is 1. The van der Waals surface area contributed by atoms with E-state index in [1.165, 1.54) is 11.0 Å². The van der Waals surface area contributed by atoms with E-state index in [0.29, 0.717) is 12.3 Å². The average Bonchev–Trinajstić information content (AvgIpc) is 3.47. The van der Waals surface area contributed by atoms with Gasteiger partial charge in [-0.3, -0.25) is 19.2 Å². The summed E-state index contributed by atoms with van der Waals surface area (Å²) in [6, 6.07) is 3.22. The van der Waals surface area contributed by atoms with Crippen LogP contribution in [0, 0.1) is 11.3 Å². The zero-order chi connectivity index (χ0) is 21.8. The van der Waals surface area contributed by atoms with Crippen molar-refractivity contribution in [3.05, 3.63) is 33.7 Å². The minimum Gasteiger partial charge on any atom is -0.483 e. The van der Waals surface area contributed by atoms with Gasteiger partial charge in [0.05, 0.1) is 6.10 Å². The molecule has 29 heavy (non-hydrogen) atoms. The molecule has 9 nitrogen and oxygen atoms in total. The van der Waals surface area contributed by atoms with Crippen LogP contribution < -0.4 is 5.56 Å². The van der Waals surface area contributed by atoms with Gasteiger partial charge in [0.2, 0.25) is 0 Å². The summed E-state index contributed by atoms with van der Waals surface area (Å²) in [6.45, 7) is 3.81. The van der Waals surface area contributed by atoms with Crippen molar-refractivity contribution in [1.82, 2.24) is 9.88 Å². The highest BCUT2D eigenvalue weighted by atomic mass is 16.4. The van der Waals surface area contributed by atoms with E-state index in [-0.39, 0.29) is 37.5 Å². The molecule has 3 rings (SSSR count). The number of amides is 1. The molecule has 1 aromatic heterocycles. The van der Waals surface area contributed by atoms with E-state index in [0.717, 1.165) is 18.5 Å². The number of likely N-dealkylation sites (tertiary alicyclic amines) is 1. The number of aliphatic hydroxyl groups excluding tert-OH is 1. The van der Waals surface area contributed by atoms with Crippen molar-refractivity contribution in [3.63, 3.8) is 0 Å². The molecule has 0 radical (unpaired) electrons. The number of carboxylic acid groups (broad SMARTS) is 2. The monoisotopic (exact) mass is 408 g/mol. The van der Waals surface area contributed by atoms with Crippen molar-refractivity contribution in [3.8, 4) is 0 Å². The number of aromatic amines is 1. The van der Waals surface area contributed by atoms with Gasteiger partial charge in [-0.1, -0.05) is 26.7 Å². The quantitative estimate of drug-likeness (QED) is 0.536. The smallest absolute Gasteiger partial charge is 0.314 e. The summed E-state index contributed by atoms with van der Waals surface area (Å²) in [5.41, 5.74) is -1.05. The van der Waals surface area contributed by atoms with Crippen LogP contribution in [0.3, 0.4) is 0 Å². The first kappa shape index (κ1) is 22.6. The highest BCUT2D eigenvalue weighted by Gasteiger charge is 2.52. The Balaban J connectivity index is 0.000000941. The van der Waals surface area contributed by atoms with Crippen molar-refractivity contribution in [2.75, 3.05) is 13.1 Å². The van der Waals surface area contributed by atoms with Crippen molar-refractivity contribution in [1.29, 1.82) is 0 Å². The number of aromatic nitrogens is 1. The van der Waals surface area contributed by atoms with Gasteiger partial charge in [0, 0.05) is 18.8 Å². The van der Waals surface area contributed by atoms with Gasteiger partial charge < -0.3 is 25.2 Å². The molecule has 0 spiro atoms. The van der Waals surface area contributed by atoms with Gasteiger partial charge in [-0.2, -0.15) is 0 Å². The van der Waals surface area contributed by atoms with Gasteiger partial charge >= 0.3 is 5.97 Å². The summed E-state index contributed by atoms with van der Waals surface area (Å²) in [7, 11) is 0. The molecule has 1 saturated heterocycles. The van der Waals surface area contributed by atoms with Gasteiger partial charge in [-0.15, -0.1) is 0 Å². The molecule has 0 unspecified atom stereocenters. The van der Waals surface area contributed by atoms with Crippen LogP contribution in [-0.4, -0.2) is 62.7 Å². The molecule has 1 aliphatic heterocycles. The molecule has 9 heteroatoms. The number of carbonyl (C=O) groups excluding carboxylic acids is 1. The number of nitrogens with zero attached hydrogens (tertiary/aromatic N) is 1. The molecule has 4 N–H and O–H groups in total. The zero-order valence-corrected chi connectivity index (χ0v) is 16.6. The third-order valence-electron chi connectivity index (χ3n) is 5.63. The lowest BCUT2D eigenvalue weighted by Crippen LogP contribution is -2.57. The molecule has 1 aromatic rings. The number of aliphatic carboxylic acids is 1. The minimum atomic E-state index is -1.35. The Morgan fingerprint density at radius 1 is 1.31 bits per heavy atom. The molecule has 2 atom stereocenters. The minimum absolute atomic E-state index is 0.0106. The average molecular weight is 408 g/mol. The van der Waals surface area contributed by atoms with Crippen molar-refractivity contribution >= 4 is 18.3 Å². The summed E-state index contributed by atoms with van der Waals surface area (Å²) in [5.74, 6) is -1.12. The van der Waals surface area contributed by atoms with E-state index < -0.39 is 29.0 Å². The second-order valence-corrected chi connectivity index (χ2v) is 8.06. The van der Waals surface area contributed by atoms with E-state index in [4.69, 9.17) is 9.90 Å². The third-order valence-corrected chi connectivity index (χ3v) is 5.63. The van der Waals surface area contributed by atoms with Gasteiger partial charge in [-0.25, -0.2) is 0 Å². The standard InChI is InChI=1S/C19H26N2O5.CH2O2/c1-11(2)14-6-5-13(16(23)20-14)17(24)21-8-7-15(22)19(10-21,18(25)26)9-12-3-4-12;2-1-3/h5-6,11-12,15,22H,3-4,7-10H2,1-2H3,(H,20,23)(H,25,26);1H,(H,2,3)/t15-,19-;/m1./s1. The van der Waals surface area contributed by atoms with E-state index in [1.807, 2.05) is 13.8 Å². The molecule has 2 aliphatic rings. The number of hydrogen-bond donors (Lipinski definition) is 4. The fraction of sp³-hybridized carbons (Fsp3) is 0.600. The lowest BCUT2D eigenvalue weighted by atomic mass is 9.73. The first-order chi connectivity index (χ1) is 13.7. The predicted octanol–water partition coefficient (Wildman–Crippen LogP) is 1.28. The topological polar surface area (TPSA) is 148 Å². The first-order valence-corrected chi connectivity index (χ1v) is 9.68. The molecule has 0 aromatic carbocycles. The van der Waals surface area contributed by atoms with Crippen molar-refractivity contribution in [2.24, 2.45) is 11.3 Å². The van der Waals surface area contributed by atoms with Gasteiger partial charge in [0.15, 0.2) is 0 Å². The Morgan fingerprint density at radius 2 is 1.93 bits per heavy atom. The normalized spacial score (nSPS) is 23.9. The Hall–Kier alpha value is -2.68. The predicted molar refractivity (Wildman–Crippen MR) is 104 cm³/mol. The highest BCUT2D eigenvalue weighted by Crippen LogP contribution is 2.45. The van der Waals surface area contributed by atoms with Crippen LogP contribution in [0.5, 0.6) is 0 Å². The maximum atomic E-state index is 12.9. The van der Waals surface area contributed by atoms with E-state index in [1.54, 1.807) is 6.07 Å². The number of piperidine rings is 1. The fourth-order valence-corrected chi connectivity index (χ4v) is 3.75. The van der Waals surface area contributed by atoms with Crippen LogP contribution in [0.15, 0.2) is 16.9 Å². The van der Waals surface area contributed by atoms with E-state index in [2.05, 4.69) is 4.98 Å². The summed E-state index contributed by atoms with van der Waals surface area (Å²) < 4.78 is 0. The van der Waals surface area contributed by atoms with Gasteiger partial charge in [-0.05, 0) is 36.8 Å². The number of rotatable bonds is 5. The maximum absolute atomic E-state index is 12.9. The van der Waals surface area contributed by atoms with E-state index in [9.17, 15) is 24.6 Å². The maximum Gasteiger partial charge on any atom is 0.314 e. The molecule has 160 valence electrons. The molecule has 2 fully saturated rings. The number of carboxylic acids is 1. The number of hydrogen-bond acceptors (Lipinski definition) is 5. The summed E-state index contributed by atoms with van der Waals surface area (Å²) >= 11 is 0. The lowest BCUT2D eigenvalue weighted by Gasteiger charge is -2.43. The fourth-order valence-electron chi connectivity index (χ4n) is 3.75. The number of aliphatic hydroxyl groups is 1. The second kappa shape index (κ2) is 9.21. The van der Waals surface area contributed by atoms with Crippen LogP contribution in [0.2, 0.25) is 0 Å². The Morgan fingerprint density at radius 3 is 2.41 bits per heavy atom. The summed E-state index contributed by atoms with van der Waals surface area (Å²) in [6.07, 6.45) is 1.52. The van der Waals surface area contributed by atoms with Crippen LogP contribution in [0.1, 0.15) is 61.5 Å². The SMILES string of the molecule is CC(C)c1ccc(C(=O)N2CC[C@@H](O)[C@](CC3CC3)(C(=O)O)C2)c(=O)[nH]1.O=CO. The number of pyridine rings is 1. The molecule has 0 bridgehead atoms. The summed E-state index contributed by atoms with van der Waals surface area (Å²) in [4.78, 5) is 49.6. The van der Waals surface area contributed by atoms with Crippen LogP contribution in [0.25, 0.3) is 0 Å². The number of carbonyl (C=O) groups is 3. The van der Waals surface area contributed by atoms with Gasteiger partial charge in [0.1, 0.15) is 11.0 Å². The largest absolute Gasteiger partial charge is 0.483 e. The van der Waals surface area contributed by atoms with Crippen LogP contribution >= 0.6 is 0 Å². The van der Waals surface area contributed by atoms with Gasteiger partial charge in [0.25, 0.3) is 17.9 Å². The Kier molecular flexibility index (Phi) is 7.18. The zero-order valence-electron chi connectivity index (χ0n) is 16.6. The third kappa shape index (κ3) is 5.03. The van der Waals surface area contributed by atoms with Crippen LogP contribution in [0.4, 0.5) is 0 Å². The van der Waals surface area contributed by atoms with Crippen molar-refractivity contribution < 1.29 is 29.7 Å². The second-order valence-electron chi connectivity index (χ2n) is 8.06.